The standard InChI is InChI=1S/C36H50N8O4/c1-35(2,3)23-10-13-25(14-11-23)44-27(32(46)42(7)8)17-22-19-38-34(41-30(22)44)40-28-16-9-21(18-37-28)31(45)43-20-24-12-15-26(39-24)29(43)33(47)48-36(4,5)6/h9,16-19,23-26,29,39H,10-15,20H2,1-8H3,(H,37,38,40,41). The second-order valence-corrected chi connectivity index (χ2v) is 16.0. The molecule has 3 aromatic heterocycles. The Balaban J connectivity index is 1.22. The van der Waals surface area contributed by atoms with E-state index in [9.17, 15) is 14.4 Å². The van der Waals surface area contributed by atoms with Crippen LogP contribution in [0.3, 0.4) is 0 Å². The molecule has 0 radical (unpaired) electrons. The maximum atomic E-state index is 13.8. The van der Waals surface area contributed by atoms with Crippen LogP contribution in [0, 0.1) is 11.3 Å². The Bertz CT molecular complexity index is 1680. The number of piperazine rings is 1. The van der Waals surface area contributed by atoms with E-state index < -0.39 is 17.6 Å². The summed E-state index contributed by atoms with van der Waals surface area (Å²) in [4.78, 5) is 57.5. The molecule has 48 heavy (non-hydrogen) atoms. The van der Waals surface area contributed by atoms with Gasteiger partial charge in [-0.15, -0.1) is 0 Å². The minimum Gasteiger partial charge on any atom is -0.458 e. The number of esters is 1. The molecule has 12 heteroatoms. The highest BCUT2D eigenvalue weighted by atomic mass is 16.6. The van der Waals surface area contributed by atoms with Crippen LogP contribution in [0.1, 0.15) is 107 Å². The van der Waals surface area contributed by atoms with E-state index in [0.29, 0.717) is 41.1 Å². The van der Waals surface area contributed by atoms with Gasteiger partial charge in [0.05, 0.1) is 5.56 Å². The lowest BCUT2D eigenvalue weighted by atomic mass is 9.71. The third-order valence-corrected chi connectivity index (χ3v) is 10.1. The van der Waals surface area contributed by atoms with Crippen LogP contribution in [0.4, 0.5) is 11.8 Å². The summed E-state index contributed by atoms with van der Waals surface area (Å²) in [6.45, 7) is 12.9. The Labute approximate surface area is 283 Å². The van der Waals surface area contributed by atoms with Gasteiger partial charge in [0.1, 0.15) is 28.8 Å². The highest BCUT2D eigenvalue weighted by Gasteiger charge is 2.47. The molecule has 2 N–H and O–H groups in total. The quantitative estimate of drug-likeness (QED) is 0.337. The number of aromatic nitrogens is 4. The first kappa shape index (κ1) is 33.8. The fraction of sp³-hybridized carbons (Fsp3) is 0.611. The number of hydrogen-bond acceptors (Lipinski definition) is 9. The largest absolute Gasteiger partial charge is 0.458 e. The summed E-state index contributed by atoms with van der Waals surface area (Å²) in [7, 11) is 3.54. The molecule has 2 aliphatic heterocycles. The number of anilines is 2. The zero-order valence-electron chi connectivity index (χ0n) is 29.5. The monoisotopic (exact) mass is 658 g/mol. The van der Waals surface area contributed by atoms with Gasteiger partial charge in [-0.2, -0.15) is 4.98 Å². The number of hydrogen-bond donors (Lipinski definition) is 2. The van der Waals surface area contributed by atoms with Crippen molar-refractivity contribution in [1.29, 1.82) is 0 Å². The molecule has 2 saturated heterocycles. The van der Waals surface area contributed by atoms with Crippen molar-refractivity contribution in [3.8, 4) is 0 Å². The third kappa shape index (κ3) is 6.90. The zero-order chi connectivity index (χ0) is 34.5. The molecule has 3 fully saturated rings. The summed E-state index contributed by atoms with van der Waals surface area (Å²) in [5, 5.41) is 7.47. The highest BCUT2D eigenvalue weighted by molar-refractivity contribution is 5.98. The van der Waals surface area contributed by atoms with Gasteiger partial charge < -0.3 is 29.7 Å². The first-order valence-corrected chi connectivity index (χ1v) is 17.2. The predicted molar refractivity (Wildman–Crippen MR) is 184 cm³/mol. The second kappa shape index (κ2) is 12.8. The molecule has 5 heterocycles. The van der Waals surface area contributed by atoms with Crippen molar-refractivity contribution < 1.29 is 19.1 Å². The molecule has 3 aliphatic rings. The topological polar surface area (TPSA) is 135 Å². The number of ether oxygens (including phenoxy) is 1. The van der Waals surface area contributed by atoms with Gasteiger partial charge >= 0.3 is 5.97 Å². The molecule has 1 saturated carbocycles. The van der Waals surface area contributed by atoms with Gasteiger partial charge in [-0.3, -0.25) is 9.59 Å². The summed E-state index contributed by atoms with van der Waals surface area (Å²) in [5.74, 6) is 0.760. The van der Waals surface area contributed by atoms with Crippen LogP contribution in [-0.4, -0.2) is 91.5 Å². The van der Waals surface area contributed by atoms with Crippen molar-refractivity contribution in [2.75, 3.05) is 26.0 Å². The Morgan fingerprint density at radius 2 is 1.69 bits per heavy atom. The van der Waals surface area contributed by atoms with E-state index in [1.165, 1.54) is 6.20 Å². The number of nitrogens with one attached hydrogen (secondary N) is 2. The Kier molecular flexibility index (Phi) is 8.99. The van der Waals surface area contributed by atoms with E-state index in [-0.39, 0.29) is 35.4 Å². The van der Waals surface area contributed by atoms with Gasteiger partial charge in [0.25, 0.3) is 11.8 Å². The van der Waals surface area contributed by atoms with Crippen molar-refractivity contribution in [2.45, 2.75) is 110 Å². The minimum absolute atomic E-state index is 0.0613. The van der Waals surface area contributed by atoms with Gasteiger partial charge in [0.2, 0.25) is 5.95 Å². The van der Waals surface area contributed by atoms with E-state index in [4.69, 9.17) is 9.72 Å². The first-order valence-electron chi connectivity index (χ1n) is 17.2. The van der Waals surface area contributed by atoms with Crippen molar-refractivity contribution in [3.63, 3.8) is 0 Å². The van der Waals surface area contributed by atoms with Crippen LogP contribution in [0.25, 0.3) is 11.0 Å². The zero-order valence-corrected chi connectivity index (χ0v) is 29.5. The molecule has 0 spiro atoms. The van der Waals surface area contributed by atoms with Crippen LogP contribution >= 0.6 is 0 Å². The second-order valence-electron chi connectivity index (χ2n) is 16.0. The molecule has 12 nitrogen and oxygen atoms in total. The van der Waals surface area contributed by atoms with Crippen molar-refractivity contribution in [1.82, 2.24) is 34.6 Å². The van der Waals surface area contributed by atoms with Crippen LogP contribution in [0.5, 0.6) is 0 Å². The fourth-order valence-electron chi connectivity index (χ4n) is 7.58. The number of pyridine rings is 1. The minimum atomic E-state index is -0.697. The number of carbonyl (C=O) groups is 3. The van der Waals surface area contributed by atoms with Gasteiger partial charge in [-0.05, 0) is 88.8 Å². The maximum Gasteiger partial charge on any atom is 0.331 e. The van der Waals surface area contributed by atoms with Crippen LogP contribution in [0.15, 0.2) is 30.6 Å². The summed E-state index contributed by atoms with van der Waals surface area (Å²) >= 11 is 0. The number of nitrogens with zero attached hydrogens (tertiary/aromatic N) is 6. The van der Waals surface area contributed by atoms with E-state index in [0.717, 1.165) is 43.9 Å². The van der Waals surface area contributed by atoms with Gasteiger partial charge in [-0.25, -0.2) is 14.8 Å². The molecule has 3 aromatic rings. The SMILES string of the molecule is CN(C)C(=O)c1cc2cnc(Nc3ccc(C(=O)N4CC5CCC(N5)C4C(=O)OC(C)(C)C)cn3)nc2n1C1CCC(C(C)(C)C)CC1. The van der Waals surface area contributed by atoms with Gasteiger partial charge in [-0.1, -0.05) is 20.8 Å². The van der Waals surface area contributed by atoms with Crippen LogP contribution in [0.2, 0.25) is 0 Å². The Hall–Kier alpha value is -4.06. The van der Waals surface area contributed by atoms with Crippen LogP contribution in [-0.2, 0) is 9.53 Å². The highest BCUT2D eigenvalue weighted by Crippen LogP contribution is 2.43. The van der Waals surface area contributed by atoms with E-state index in [1.807, 2.05) is 26.8 Å². The number of fused-ring (bicyclic) bond motifs is 3. The molecule has 0 aromatic carbocycles. The average Bonchev–Trinajstić information content (AvgIpc) is 3.59. The fourth-order valence-corrected chi connectivity index (χ4v) is 7.58. The predicted octanol–water partition coefficient (Wildman–Crippen LogP) is 5.34. The summed E-state index contributed by atoms with van der Waals surface area (Å²) in [5.41, 5.74) is 1.32. The number of likely N-dealkylation sites (tertiary alicyclic amines) is 1. The number of carbonyl (C=O) groups excluding carboxylic acids is 3. The normalized spacial score (nSPS) is 24.4. The van der Waals surface area contributed by atoms with Crippen molar-refractivity contribution >= 4 is 40.6 Å². The number of amides is 2. The average molecular weight is 659 g/mol. The Morgan fingerprint density at radius 3 is 2.31 bits per heavy atom. The lowest BCUT2D eigenvalue weighted by Gasteiger charge is -2.40. The lowest BCUT2D eigenvalue weighted by molar-refractivity contribution is -0.162. The Morgan fingerprint density at radius 1 is 0.958 bits per heavy atom. The molecule has 2 bridgehead atoms. The summed E-state index contributed by atoms with van der Waals surface area (Å²) in [6.07, 6.45) is 9.14. The van der Waals surface area contributed by atoms with Gasteiger partial charge in [0.15, 0.2) is 0 Å². The third-order valence-electron chi connectivity index (χ3n) is 10.1. The summed E-state index contributed by atoms with van der Waals surface area (Å²) in [6, 6.07) is 4.80. The smallest absolute Gasteiger partial charge is 0.331 e. The molecule has 2 amide bonds. The van der Waals surface area contributed by atoms with E-state index >= 15 is 0 Å². The number of rotatable bonds is 6. The molecular formula is C36H50N8O4. The molecule has 6 rings (SSSR count). The van der Waals surface area contributed by atoms with Gasteiger partial charge in [0, 0.05) is 56.5 Å². The molecule has 1 aliphatic carbocycles. The first-order chi connectivity index (χ1) is 22.6. The molecule has 3 atom stereocenters. The van der Waals surface area contributed by atoms with E-state index in [2.05, 4.69) is 45.9 Å². The van der Waals surface area contributed by atoms with Crippen LogP contribution < -0.4 is 10.6 Å². The van der Waals surface area contributed by atoms with Crippen molar-refractivity contribution in [2.24, 2.45) is 11.3 Å². The molecule has 3 unspecified atom stereocenters. The molecule has 258 valence electrons. The lowest BCUT2D eigenvalue weighted by Crippen LogP contribution is -2.63. The van der Waals surface area contributed by atoms with E-state index in [1.54, 1.807) is 42.2 Å². The van der Waals surface area contributed by atoms with Crippen molar-refractivity contribution in [3.05, 3.63) is 41.9 Å². The maximum absolute atomic E-state index is 13.8. The molecular weight excluding hydrogens is 608 g/mol. The summed E-state index contributed by atoms with van der Waals surface area (Å²) < 4.78 is 7.83.